The van der Waals surface area contributed by atoms with Crippen molar-refractivity contribution in [2.45, 2.75) is 39.7 Å². The van der Waals surface area contributed by atoms with Crippen molar-refractivity contribution in [3.8, 4) is 0 Å². The van der Waals surface area contributed by atoms with Gasteiger partial charge >= 0.3 is 5.97 Å². The third-order valence-corrected chi connectivity index (χ3v) is 3.90. The Bertz CT molecular complexity index is 496. The maximum atomic E-state index is 12.1. The second-order valence-corrected chi connectivity index (χ2v) is 5.25. The number of nitrogens with one attached hydrogen (secondary N) is 2. The Kier molecular flexibility index (Phi) is 6.37. The number of carbonyl (C=O) groups is 2. The van der Waals surface area contributed by atoms with Crippen molar-refractivity contribution in [2.75, 3.05) is 12.4 Å². The third-order valence-electron chi connectivity index (χ3n) is 3.90. The molecule has 0 bridgehead atoms. The summed E-state index contributed by atoms with van der Waals surface area (Å²) in [6.45, 7) is 4.32. The van der Waals surface area contributed by atoms with Crippen LogP contribution in [0.15, 0.2) is 24.3 Å². The first-order valence-corrected chi connectivity index (χ1v) is 7.24. The highest BCUT2D eigenvalue weighted by molar-refractivity contribution is 5.94. The van der Waals surface area contributed by atoms with Crippen molar-refractivity contribution in [1.29, 1.82) is 0 Å². The Morgan fingerprint density at radius 2 is 1.90 bits per heavy atom. The number of aliphatic carboxylic acids is 1. The van der Waals surface area contributed by atoms with Gasteiger partial charge in [0.1, 0.15) is 0 Å². The van der Waals surface area contributed by atoms with Crippen LogP contribution in [-0.2, 0) is 16.1 Å². The van der Waals surface area contributed by atoms with Gasteiger partial charge in [-0.3, -0.25) is 9.59 Å². The monoisotopic (exact) mass is 292 g/mol. The summed E-state index contributed by atoms with van der Waals surface area (Å²) in [7, 11) is 1.86. The van der Waals surface area contributed by atoms with Crippen molar-refractivity contribution in [2.24, 2.45) is 5.41 Å². The van der Waals surface area contributed by atoms with Gasteiger partial charge in [0.2, 0.25) is 5.91 Å². The van der Waals surface area contributed by atoms with Gasteiger partial charge in [0.05, 0.1) is 5.41 Å². The molecule has 3 N–H and O–H groups in total. The molecule has 5 heteroatoms. The maximum absolute atomic E-state index is 12.1. The van der Waals surface area contributed by atoms with Crippen LogP contribution >= 0.6 is 0 Å². The normalized spacial score (nSPS) is 11.2. The Balaban J connectivity index is 2.77. The first kappa shape index (κ1) is 17.2. The van der Waals surface area contributed by atoms with Gasteiger partial charge < -0.3 is 15.7 Å². The molecule has 5 nitrogen and oxygen atoms in total. The van der Waals surface area contributed by atoms with Gasteiger partial charge in [-0.05, 0) is 37.6 Å². The molecule has 0 aromatic heterocycles. The number of carboxylic acid groups (broad SMARTS) is 1. The van der Waals surface area contributed by atoms with E-state index >= 15 is 0 Å². The second-order valence-electron chi connectivity index (χ2n) is 5.25. The van der Waals surface area contributed by atoms with E-state index < -0.39 is 11.4 Å². The summed E-state index contributed by atoms with van der Waals surface area (Å²) in [4.78, 5) is 23.6. The van der Waals surface area contributed by atoms with E-state index in [9.17, 15) is 14.7 Å². The predicted octanol–water partition coefficient (Wildman–Crippen LogP) is 2.63. The fraction of sp³-hybridized carbons (Fsp3) is 0.500. The van der Waals surface area contributed by atoms with Gasteiger partial charge in [-0.15, -0.1) is 0 Å². The quantitative estimate of drug-likeness (QED) is 0.688. The number of amides is 1. The Morgan fingerprint density at radius 1 is 1.24 bits per heavy atom. The lowest BCUT2D eigenvalue weighted by atomic mass is 9.79. The minimum absolute atomic E-state index is 0.00834. The lowest BCUT2D eigenvalue weighted by Gasteiger charge is -2.25. The summed E-state index contributed by atoms with van der Waals surface area (Å²) >= 11 is 0. The topological polar surface area (TPSA) is 78.4 Å². The van der Waals surface area contributed by atoms with E-state index in [2.05, 4.69) is 10.6 Å². The molecule has 1 aromatic rings. The van der Waals surface area contributed by atoms with Crippen LogP contribution < -0.4 is 10.6 Å². The summed E-state index contributed by atoms with van der Waals surface area (Å²) in [6.07, 6.45) is 0.865. The van der Waals surface area contributed by atoms with Crippen LogP contribution in [0.2, 0.25) is 0 Å². The SMILES string of the molecule is CCC(CC)(CC(=O)Nc1cccc(CNC)c1)C(=O)O. The minimum atomic E-state index is -0.979. The van der Waals surface area contributed by atoms with E-state index in [-0.39, 0.29) is 12.3 Å². The zero-order chi connectivity index (χ0) is 15.9. The van der Waals surface area contributed by atoms with E-state index in [0.29, 0.717) is 25.1 Å². The number of rotatable bonds is 8. The summed E-state index contributed by atoms with van der Waals surface area (Å²) in [5, 5.41) is 15.2. The molecule has 0 aliphatic carbocycles. The largest absolute Gasteiger partial charge is 0.481 e. The maximum Gasteiger partial charge on any atom is 0.310 e. The molecule has 0 saturated heterocycles. The van der Waals surface area contributed by atoms with Crippen molar-refractivity contribution >= 4 is 17.6 Å². The highest BCUT2D eigenvalue weighted by Crippen LogP contribution is 2.31. The summed E-state index contributed by atoms with van der Waals surface area (Å²) < 4.78 is 0. The fourth-order valence-corrected chi connectivity index (χ4v) is 2.35. The van der Waals surface area contributed by atoms with E-state index in [1.165, 1.54) is 0 Å². The predicted molar refractivity (Wildman–Crippen MR) is 83.1 cm³/mol. The lowest BCUT2D eigenvalue weighted by molar-refractivity contribution is -0.151. The van der Waals surface area contributed by atoms with Gasteiger partial charge in [-0.25, -0.2) is 0 Å². The van der Waals surface area contributed by atoms with Gasteiger partial charge in [0.25, 0.3) is 0 Å². The highest BCUT2D eigenvalue weighted by Gasteiger charge is 2.37. The van der Waals surface area contributed by atoms with Crippen molar-refractivity contribution in [3.63, 3.8) is 0 Å². The molecule has 0 aliphatic rings. The van der Waals surface area contributed by atoms with Crippen LogP contribution in [0, 0.1) is 5.41 Å². The standard InChI is InChI=1S/C16H24N2O3/c1-4-16(5-2,15(20)21)10-14(19)18-13-8-6-7-12(9-13)11-17-3/h6-9,17H,4-5,10-11H2,1-3H3,(H,18,19)(H,20,21). The zero-order valence-electron chi connectivity index (χ0n) is 12.9. The molecule has 1 aromatic carbocycles. The van der Waals surface area contributed by atoms with E-state index in [4.69, 9.17) is 0 Å². The smallest absolute Gasteiger partial charge is 0.310 e. The van der Waals surface area contributed by atoms with Gasteiger partial charge in [-0.1, -0.05) is 26.0 Å². The molecule has 0 fully saturated rings. The van der Waals surface area contributed by atoms with Gasteiger partial charge in [-0.2, -0.15) is 0 Å². The van der Waals surface area contributed by atoms with Crippen LogP contribution in [0.4, 0.5) is 5.69 Å². The number of benzene rings is 1. The van der Waals surface area contributed by atoms with Crippen LogP contribution in [0.3, 0.4) is 0 Å². The molecule has 1 amide bonds. The average Bonchev–Trinajstić information content (AvgIpc) is 2.45. The van der Waals surface area contributed by atoms with Crippen molar-refractivity contribution in [1.82, 2.24) is 5.32 Å². The Labute approximate surface area is 125 Å². The summed E-state index contributed by atoms with van der Waals surface area (Å²) in [5.74, 6) is -1.17. The first-order valence-electron chi connectivity index (χ1n) is 7.24. The molecule has 0 aliphatic heterocycles. The van der Waals surface area contributed by atoms with Gasteiger partial charge in [0, 0.05) is 18.7 Å². The van der Waals surface area contributed by atoms with E-state index in [1.54, 1.807) is 19.9 Å². The number of hydrogen-bond donors (Lipinski definition) is 3. The molecule has 0 radical (unpaired) electrons. The van der Waals surface area contributed by atoms with E-state index in [0.717, 1.165) is 5.56 Å². The minimum Gasteiger partial charge on any atom is -0.481 e. The van der Waals surface area contributed by atoms with Crippen molar-refractivity contribution < 1.29 is 14.7 Å². The number of carbonyl (C=O) groups excluding carboxylic acids is 1. The molecule has 116 valence electrons. The molecular weight excluding hydrogens is 268 g/mol. The highest BCUT2D eigenvalue weighted by atomic mass is 16.4. The molecular formula is C16H24N2O3. The molecule has 1 rings (SSSR count). The molecule has 0 saturated carbocycles. The number of anilines is 1. The van der Waals surface area contributed by atoms with Gasteiger partial charge in [0.15, 0.2) is 0 Å². The van der Waals surface area contributed by atoms with Crippen LogP contribution in [0.25, 0.3) is 0 Å². The Hall–Kier alpha value is -1.88. The van der Waals surface area contributed by atoms with E-state index in [1.807, 2.05) is 25.2 Å². The van der Waals surface area contributed by atoms with Crippen LogP contribution in [-0.4, -0.2) is 24.0 Å². The second kappa shape index (κ2) is 7.78. The zero-order valence-corrected chi connectivity index (χ0v) is 12.9. The summed E-state index contributed by atoms with van der Waals surface area (Å²) in [5.41, 5.74) is 0.775. The molecule has 0 unspecified atom stereocenters. The van der Waals surface area contributed by atoms with Crippen LogP contribution in [0.1, 0.15) is 38.7 Å². The van der Waals surface area contributed by atoms with Crippen LogP contribution in [0.5, 0.6) is 0 Å². The molecule has 0 atom stereocenters. The lowest BCUT2D eigenvalue weighted by Crippen LogP contribution is -2.34. The average molecular weight is 292 g/mol. The first-order chi connectivity index (χ1) is 9.97. The molecule has 0 heterocycles. The third kappa shape index (κ3) is 4.56. The fourth-order valence-electron chi connectivity index (χ4n) is 2.35. The molecule has 21 heavy (non-hydrogen) atoms. The summed E-state index contributed by atoms with van der Waals surface area (Å²) in [6, 6.07) is 7.52. The number of hydrogen-bond acceptors (Lipinski definition) is 3. The molecule has 0 spiro atoms. The van der Waals surface area contributed by atoms with Crippen molar-refractivity contribution in [3.05, 3.63) is 29.8 Å². The number of carboxylic acids is 1. The Morgan fingerprint density at radius 3 is 2.43 bits per heavy atom.